The summed E-state index contributed by atoms with van der Waals surface area (Å²) in [7, 11) is 0. The summed E-state index contributed by atoms with van der Waals surface area (Å²) in [6, 6.07) is 1.07. The van der Waals surface area contributed by atoms with Crippen LogP contribution in [-0.2, 0) is 6.18 Å². The van der Waals surface area contributed by atoms with Crippen molar-refractivity contribution in [2.45, 2.75) is 37.9 Å². The van der Waals surface area contributed by atoms with Crippen molar-refractivity contribution in [1.29, 1.82) is 0 Å². The molecule has 0 radical (unpaired) electrons. The van der Waals surface area contributed by atoms with Gasteiger partial charge in [-0.2, -0.15) is 18.3 Å². The van der Waals surface area contributed by atoms with E-state index >= 15 is 0 Å². The van der Waals surface area contributed by atoms with Crippen molar-refractivity contribution in [2.75, 3.05) is 5.32 Å². The van der Waals surface area contributed by atoms with E-state index < -0.39 is 11.9 Å². The maximum absolute atomic E-state index is 12.7. The summed E-state index contributed by atoms with van der Waals surface area (Å²) >= 11 is 6.16. The van der Waals surface area contributed by atoms with Gasteiger partial charge in [-0.1, -0.05) is 13.8 Å². The van der Waals surface area contributed by atoms with E-state index in [0.29, 0.717) is 11.3 Å². The van der Waals surface area contributed by atoms with E-state index in [-0.39, 0.29) is 16.8 Å². The lowest BCUT2D eigenvalue weighted by molar-refractivity contribution is -0.141. The molecule has 0 saturated heterocycles. The number of hydrogen-bond acceptors (Lipinski definition) is 3. The van der Waals surface area contributed by atoms with E-state index in [1.807, 2.05) is 13.8 Å². The summed E-state index contributed by atoms with van der Waals surface area (Å²) in [5.74, 6) is 0.391. The first-order valence-corrected chi connectivity index (χ1v) is 6.95. The third kappa shape index (κ3) is 2.33. The Hall–Kier alpha value is -1.50. The molecule has 21 heavy (non-hydrogen) atoms. The Bertz CT molecular complexity index is 680. The lowest BCUT2D eigenvalue weighted by atomic mass is 9.67. The Kier molecular flexibility index (Phi) is 3.09. The second kappa shape index (κ2) is 4.50. The number of anilines is 1. The van der Waals surface area contributed by atoms with Gasteiger partial charge >= 0.3 is 6.18 Å². The summed E-state index contributed by atoms with van der Waals surface area (Å²) in [5, 5.41) is 6.76. The molecule has 1 N–H and O–H groups in total. The number of nitrogens with one attached hydrogen (secondary N) is 1. The molecule has 2 aromatic heterocycles. The normalized spacial score (nSPS) is 24.9. The zero-order valence-electron chi connectivity index (χ0n) is 11.4. The molecule has 2 unspecified atom stereocenters. The summed E-state index contributed by atoms with van der Waals surface area (Å²) < 4.78 is 39.4. The Balaban J connectivity index is 1.95. The third-order valence-corrected chi connectivity index (χ3v) is 4.88. The quantitative estimate of drug-likeness (QED) is 0.861. The van der Waals surface area contributed by atoms with E-state index in [1.54, 1.807) is 0 Å². The zero-order chi connectivity index (χ0) is 15.4. The summed E-state index contributed by atoms with van der Waals surface area (Å²) in [5.41, 5.74) is -0.761. The van der Waals surface area contributed by atoms with Crippen molar-refractivity contribution < 1.29 is 13.2 Å². The van der Waals surface area contributed by atoms with Crippen molar-refractivity contribution >= 4 is 22.9 Å². The highest BCUT2D eigenvalue weighted by Gasteiger charge is 2.47. The average Bonchev–Trinajstić information content (AvgIpc) is 2.83. The van der Waals surface area contributed by atoms with Gasteiger partial charge in [0.05, 0.1) is 0 Å². The van der Waals surface area contributed by atoms with Crippen molar-refractivity contribution in [3.05, 3.63) is 24.2 Å². The van der Waals surface area contributed by atoms with Crippen LogP contribution in [0.5, 0.6) is 0 Å². The molecular formula is C13H14ClF3N4. The van der Waals surface area contributed by atoms with Gasteiger partial charge in [0.2, 0.25) is 0 Å². The molecule has 0 aliphatic heterocycles. The van der Waals surface area contributed by atoms with E-state index in [9.17, 15) is 13.2 Å². The zero-order valence-corrected chi connectivity index (χ0v) is 12.2. The molecule has 1 aliphatic carbocycles. The first kappa shape index (κ1) is 14.4. The number of rotatable bonds is 2. The largest absolute Gasteiger partial charge is 0.435 e. The molecule has 114 valence electrons. The van der Waals surface area contributed by atoms with Crippen LogP contribution in [0.15, 0.2) is 18.5 Å². The van der Waals surface area contributed by atoms with Gasteiger partial charge < -0.3 is 5.32 Å². The highest BCUT2D eigenvalue weighted by molar-refractivity contribution is 6.21. The van der Waals surface area contributed by atoms with Gasteiger partial charge in [0.1, 0.15) is 5.52 Å². The first-order valence-electron chi connectivity index (χ1n) is 6.52. The van der Waals surface area contributed by atoms with Crippen LogP contribution in [-0.4, -0.2) is 26.0 Å². The topological polar surface area (TPSA) is 42.2 Å². The number of alkyl halides is 4. The number of aromatic nitrogens is 3. The van der Waals surface area contributed by atoms with Crippen LogP contribution >= 0.6 is 11.6 Å². The second-order valence-electron chi connectivity index (χ2n) is 5.85. The molecular weight excluding hydrogens is 305 g/mol. The predicted molar refractivity (Wildman–Crippen MR) is 73.4 cm³/mol. The van der Waals surface area contributed by atoms with Crippen LogP contribution < -0.4 is 5.32 Å². The van der Waals surface area contributed by atoms with E-state index in [1.165, 1.54) is 16.9 Å². The van der Waals surface area contributed by atoms with Crippen molar-refractivity contribution in [1.82, 2.24) is 14.6 Å². The highest BCUT2D eigenvalue weighted by Crippen LogP contribution is 2.46. The number of fused-ring (bicyclic) bond motifs is 1. The highest BCUT2D eigenvalue weighted by atomic mass is 35.5. The minimum Gasteiger partial charge on any atom is -0.365 e. The molecule has 4 nitrogen and oxygen atoms in total. The minimum atomic E-state index is -4.47. The summed E-state index contributed by atoms with van der Waals surface area (Å²) in [6.07, 6.45) is -0.907. The first-order chi connectivity index (χ1) is 9.69. The van der Waals surface area contributed by atoms with Gasteiger partial charge in [0.25, 0.3) is 0 Å². The monoisotopic (exact) mass is 318 g/mol. The molecule has 0 spiro atoms. The van der Waals surface area contributed by atoms with Crippen LogP contribution in [0.4, 0.5) is 19.0 Å². The average molecular weight is 319 g/mol. The van der Waals surface area contributed by atoms with Crippen molar-refractivity contribution in [3.63, 3.8) is 0 Å². The molecule has 1 fully saturated rings. The Morgan fingerprint density at radius 1 is 1.43 bits per heavy atom. The van der Waals surface area contributed by atoms with Crippen LogP contribution in [0, 0.1) is 5.41 Å². The van der Waals surface area contributed by atoms with Gasteiger partial charge in [0.15, 0.2) is 11.5 Å². The van der Waals surface area contributed by atoms with Crippen molar-refractivity contribution in [3.8, 4) is 0 Å². The summed E-state index contributed by atoms with van der Waals surface area (Å²) in [4.78, 5) is 4.13. The third-order valence-electron chi connectivity index (χ3n) is 4.14. The van der Waals surface area contributed by atoms with E-state index in [4.69, 9.17) is 11.6 Å². The Morgan fingerprint density at radius 2 is 2.14 bits per heavy atom. The number of halogens is 4. The lowest BCUT2D eigenvalue weighted by Gasteiger charge is -2.49. The number of hydrogen-bond donors (Lipinski definition) is 1. The maximum atomic E-state index is 12.7. The molecule has 1 saturated carbocycles. The Morgan fingerprint density at radius 3 is 2.71 bits per heavy atom. The molecule has 3 rings (SSSR count). The lowest BCUT2D eigenvalue weighted by Crippen LogP contribution is -2.54. The number of nitrogens with zero attached hydrogens (tertiary/aromatic N) is 3. The van der Waals surface area contributed by atoms with Crippen LogP contribution in [0.2, 0.25) is 0 Å². The Labute approximate surface area is 124 Å². The van der Waals surface area contributed by atoms with Crippen molar-refractivity contribution in [2.24, 2.45) is 5.41 Å². The standard InChI is InChI=1S/C13H14ClF3N4/c1-12(2)8(14)6-9(12)19-11-7-5-10(13(15,16)17)20-21(7)4-3-18-11/h3-5,8-9H,6H2,1-2H3,(H,18,19). The molecule has 2 aromatic rings. The van der Waals surface area contributed by atoms with Gasteiger partial charge in [-0.15, -0.1) is 11.6 Å². The smallest absolute Gasteiger partial charge is 0.365 e. The van der Waals surface area contributed by atoms with Crippen LogP contribution in [0.25, 0.3) is 5.52 Å². The summed E-state index contributed by atoms with van der Waals surface area (Å²) in [6.45, 7) is 4.03. The van der Waals surface area contributed by atoms with Gasteiger partial charge in [-0.3, -0.25) is 0 Å². The minimum absolute atomic E-state index is 0.0466. The van der Waals surface area contributed by atoms with E-state index in [0.717, 1.165) is 12.5 Å². The molecule has 1 aliphatic rings. The fourth-order valence-corrected chi connectivity index (χ4v) is 2.78. The molecule has 2 heterocycles. The van der Waals surface area contributed by atoms with E-state index in [2.05, 4.69) is 15.4 Å². The molecule has 0 aromatic carbocycles. The van der Waals surface area contributed by atoms with Gasteiger partial charge in [0, 0.05) is 35.3 Å². The van der Waals surface area contributed by atoms with Crippen LogP contribution in [0.1, 0.15) is 26.0 Å². The fraction of sp³-hybridized carbons (Fsp3) is 0.538. The SMILES string of the molecule is CC1(C)C(Cl)CC1Nc1nccn2nc(C(F)(F)F)cc12. The van der Waals surface area contributed by atoms with Gasteiger partial charge in [-0.05, 0) is 6.42 Å². The predicted octanol–water partition coefficient (Wildman–Crippen LogP) is 3.57. The molecule has 2 atom stereocenters. The second-order valence-corrected chi connectivity index (χ2v) is 6.38. The molecule has 0 amide bonds. The molecule has 0 bridgehead atoms. The maximum Gasteiger partial charge on any atom is 0.435 e. The fourth-order valence-electron chi connectivity index (χ4n) is 2.45. The molecule has 8 heteroatoms. The van der Waals surface area contributed by atoms with Gasteiger partial charge in [-0.25, -0.2) is 9.50 Å². The van der Waals surface area contributed by atoms with Crippen LogP contribution in [0.3, 0.4) is 0 Å².